The summed E-state index contributed by atoms with van der Waals surface area (Å²) in [6.07, 6.45) is 3.49. The van der Waals surface area contributed by atoms with E-state index in [-0.39, 0.29) is 12.5 Å². The van der Waals surface area contributed by atoms with Crippen molar-refractivity contribution >= 4 is 28.7 Å². The fourth-order valence-electron chi connectivity index (χ4n) is 2.43. The van der Waals surface area contributed by atoms with Gasteiger partial charge in [-0.15, -0.1) is 0 Å². The van der Waals surface area contributed by atoms with Crippen molar-refractivity contribution in [3.05, 3.63) is 60.3 Å². The Kier molecular flexibility index (Phi) is 5.31. The Morgan fingerprint density at radius 3 is 2.80 bits per heavy atom. The fraction of sp³-hybridized carbons (Fsp3) is 0.158. The molecule has 3 rings (SSSR count). The van der Waals surface area contributed by atoms with Crippen LogP contribution in [0.15, 0.2) is 59.8 Å². The number of amides is 1. The number of aromatic amines is 1. The number of nitrogens with one attached hydrogen (secondary N) is 3. The van der Waals surface area contributed by atoms with Crippen molar-refractivity contribution in [3.8, 4) is 5.75 Å². The lowest BCUT2D eigenvalue weighted by Gasteiger charge is -2.07. The molecule has 0 fully saturated rings. The third-order valence-corrected chi connectivity index (χ3v) is 3.63. The molecule has 1 aromatic heterocycles. The first-order chi connectivity index (χ1) is 12.3. The number of hydrazone groups is 1. The van der Waals surface area contributed by atoms with Gasteiger partial charge in [0.05, 0.1) is 19.4 Å². The van der Waals surface area contributed by atoms with E-state index >= 15 is 0 Å². The van der Waals surface area contributed by atoms with E-state index < -0.39 is 0 Å². The van der Waals surface area contributed by atoms with Crippen LogP contribution in [0.2, 0.25) is 0 Å². The van der Waals surface area contributed by atoms with Gasteiger partial charge in [-0.05, 0) is 37.3 Å². The van der Waals surface area contributed by atoms with Gasteiger partial charge in [0, 0.05) is 28.4 Å². The molecule has 0 bridgehead atoms. The normalized spacial score (nSPS) is 10.9. The van der Waals surface area contributed by atoms with Crippen molar-refractivity contribution < 1.29 is 9.53 Å². The number of hydrogen-bond donors (Lipinski definition) is 3. The zero-order valence-electron chi connectivity index (χ0n) is 14.0. The van der Waals surface area contributed by atoms with E-state index in [2.05, 4.69) is 20.8 Å². The number of aromatic nitrogens is 1. The summed E-state index contributed by atoms with van der Waals surface area (Å²) in [5.41, 5.74) is 5.32. The average Bonchev–Trinajstić information content (AvgIpc) is 3.05. The maximum absolute atomic E-state index is 11.9. The number of para-hydroxylation sites is 1. The zero-order chi connectivity index (χ0) is 17.5. The SMILES string of the molecule is CCOc1ccc(NCC(=O)N/N=C\c2c[nH]c3ccccc23)cc1. The Morgan fingerprint density at radius 1 is 1.20 bits per heavy atom. The Morgan fingerprint density at radius 2 is 2.00 bits per heavy atom. The summed E-state index contributed by atoms with van der Waals surface area (Å²) in [5, 5.41) is 8.11. The summed E-state index contributed by atoms with van der Waals surface area (Å²) < 4.78 is 5.38. The lowest BCUT2D eigenvalue weighted by Crippen LogP contribution is -2.25. The number of H-pyrrole nitrogens is 1. The van der Waals surface area contributed by atoms with E-state index in [1.807, 2.05) is 61.7 Å². The molecule has 25 heavy (non-hydrogen) atoms. The Balaban J connectivity index is 1.49. The summed E-state index contributed by atoms with van der Waals surface area (Å²) in [6.45, 7) is 2.70. The monoisotopic (exact) mass is 336 g/mol. The van der Waals surface area contributed by atoms with Crippen LogP contribution in [0.3, 0.4) is 0 Å². The van der Waals surface area contributed by atoms with Crippen molar-refractivity contribution in [3.63, 3.8) is 0 Å². The molecule has 0 radical (unpaired) electrons. The van der Waals surface area contributed by atoms with Crippen LogP contribution in [-0.4, -0.2) is 30.3 Å². The van der Waals surface area contributed by atoms with E-state index in [0.29, 0.717) is 6.61 Å². The summed E-state index contributed by atoms with van der Waals surface area (Å²) in [7, 11) is 0. The van der Waals surface area contributed by atoms with Gasteiger partial charge in [-0.2, -0.15) is 5.10 Å². The van der Waals surface area contributed by atoms with Gasteiger partial charge in [-0.25, -0.2) is 5.43 Å². The highest BCUT2D eigenvalue weighted by molar-refractivity contribution is 5.99. The van der Waals surface area contributed by atoms with E-state index in [4.69, 9.17) is 4.74 Å². The topological polar surface area (TPSA) is 78.5 Å². The van der Waals surface area contributed by atoms with E-state index in [0.717, 1.165) is 27.9 Å². The lowest BCUT2D eigenvalue weighted by molar-refractivity contribution is -0.119. The maximum atomic E-state index is 11.9. The molecule has 3 N–H and O–H groups in total. The molecule has 6 heteroatoms. The van der Waals surface area contributed by atoms with Crippen LogP contribution in [0.4, 0.5) is 5.69 Å². The minimum absolute atomic E-state index is 0.138. The molecule has 0 unspecified atom stereocenters. The van der Waals surface area contributed by atoms with Gasteiger partial charge < -0.3 is 15.0 Å². The summed E-state index contributed by atoms with van der Waals surface area (Å²) >= 11 is 0. The highest BCUT2D eigenvalue weighted by Gasteiger charge is 2.02. The van der Waals surface area contributed by atoms with Crippen LogP contribution in [0.5, 0.6) is 5.75 Å². The molecular formula is C19H20N4O2. The highest BCUT2D eigenvalue weighted by Crippen LogP contribution is 2.16. The number of carbonyl (C=O) groups excluding carboxylic acids is 1. The van der Waals surface area contributed by atoms with E-state index in [1.165, 1.54) is 0 Å². The number of ether oxygens (including phenoxy) is 1. The first kappa shape index (κ1) is 16.6. The number of anilines is 1. The molecule has 0 atom stereocenters. The van der Waals surface area contributed by atoms with Crippen LogP contribution in [0.1, 0.15) is 12.5 Å². The number of fused-ring (bicyclic) bond motifs is 1. The van der Waals surface area contributed by atoms with Gasteiger partial charge in [0.15, 0.2) is 0 Å². The van der Waals surface area contributed by atoms with Gasteiger partial charge in [0.1, 0.15) is 5.75 Å². The minimum Gasteiger partial charge on any atom is -0.494 e. The molecule has 0 aliphatic rings. The van der Waals surface area contributed by atoms with E-state index in [9.17, 15) is 4.79 Å². The molecule has 6 nitrogen and oxygen atoms in total. The van der Waals surface area contributed by atoms with Crippen molar-refractivity contribution in [2.75, 3.05) is 18.5 Å². The number of hydrogen-bond acceptors (Lipinski definition) is 4. The fourth-order valence-corrected chi connectivity index (χ4v) is 2.43. The standard InChI is InChI=1S/C19H20N4O2/c1-2-25-16-9-7-15(8-10-16)20-13-19(24)23-22-12-14-11-21-18-6-4-3-5-17(14)18/h3-12,20-21H,2,13H2,1H3,(H,23,24)/b22-12-. The van der Waals surface area contributed by atoms with Crippen LogP contribution in [0, 0.1) is 0 Å². The molecule has 3 aromatic rings. The Labute approximate surface area is 145 Å². The Hall–Kier alpha value is -3.28. The van der Waals surface area contributed by atoms with Crippen LogP contribution < -0.4 is 15.5 Å². The summed E-state index contributed by atoms with van der Waals surface area (Å²) in [6, 6.07) is 15.4. The summed E-state index contributed by atoms with van der Waals surface area (Å²) in [4.78, 5) is 15.0. The van der Waals surface area contributed by atoms with Crippen LogP contribution in [0.25, 0.3) is 10.9 Å². The quantitative estimate of drug-likeness (QED) is 0.458. The molecule has 0 aliphatic heterocycles. The predicted molar refractivity (Wildman–Crippen MR) is 100 cm³/mol. The second-order valence-electron chi connectivity index (χ2n) is 5.39. The highest BCUT2D eigenvalue weighted by atomic mass is 16.5. The Bertz CT molecular complexity index is 869. The lowest BCUT2D eigenvalue weighted by atomic mass is 10.2. The molecular weight excluding hydrogens is 316 g/mol. The van der Waals surface area contributed by atoms with Crippen molar-refractivity contribution in [1.82, 2.24) is 10.4 Å². The van der Waals surface area contributed by atoms with Crippen molar-refractivity contribution in [2.45, 2.75) is 6.92 Å². The molecule has 0 saturated heterocycles. The molecule has 2 aromatic carbocycles. The number of benzene rings is 2. The third-order valence-electron chi connectivity index (χ3n) is 3.63. The van der Waals surface area contributed by atoms with Gasteiger partial charge in [0.2, 0.25) is 0 Å². The van der Waals surface area contributed by atoms with Crippen LogP contribution in [-0.2, 0) is 4.79 Å². The van der Waals surface area contributed by atoms with Crippen LogP contribution >= 0.6 is 0 Å². The molecule has 0 saturated carbocycles. The van der Waals surface area contributed by atoms with Gasteiger partial charge in [-0.1, -0.05) is 18.2 Å². The smallest absolute Gasteiger partial charge is 0.259 e. The number of rotatable bonds is 7. The van der Waals surface area contributed by atoms with Crippen molar-refractivity contribution in [2.24, 2.45) is 5.10 Å². The molecule has 1 amide bonds. The zero-order valence-corrected chi connectivity index (χ0v) is 14.0. The molecule has 1 heterocycles. The molecule has 0 spiro atoms. The van der Waals surface area contributed by atoms with Crippen molar-refractivity contribution in [1.29, 1.82) is 0 Å². The van der Waals surface area contributed by atoms with E-state index in [1.54, 1.807) is 6.21 Å². The molecule has 0 aliphatic carbocycles. The third kappa shape index (κ3) is 4.38. The van der Waals surface area contributed by atoms with Gasteiger partial charge in [-0.3, -0.25) is 4.79 Å². The summed E-state index contributed by atoms with van der Waals surface area (Å²) in [5.74, 6) is 0.589. The predicted octanol–water partition coefficient (Wildman–Crippen LogP) is 3.13. The maximum Gasteiger partial charge on any atom is 0.259 e. The van der Waals surface area contributed by atoms with Gasteiger partial charge in [0.25, 0.3) is 5.91 Å². The average molecular weight is 336 g/mol. The first-order valence-corrected chi connectivity index (χ1v) is 8.11. The largest absolute Gasteiger partial charge is 0.494 e. The second-order valence-corrected chi connectivity index (χ2v) is 5.39. The number of nitrogens with zero attached hydrogens (tertiary/aromatic N) is 1. The molecule has 128 valence electrons. The first-order valence-electron chi connectivity index (χ1n) is 8.11. The minimum atomic E-state index is -0.218. The van der Waals surface area contributed by atoms with Gasteiger partial charge >= 0.3 is 0 Å². The number of carbonyl (C=O) groups is 1. The second kappa shape index (κ2) is 8.01.